The van der Waals surface area contributed by atoms with Gasteiger partial charge >= 0.3 is 0 Å². The van der Waals surface area contributed by atoms with Gasteiger partial charge in [-0.05, 0) is 87.8 Å². The molecule has 0 spiro atoms. The predicted molar refractivity (Wildman–Crippen MR) is 114 cm³/mol. The second kappa shape index (κ2) is 12.5. The molecule has 2 unspecified atom stereocenters. The lowest BCUT2D eigenvalue weighted by molar-refractivity contribution is 0.176. The smallest absolute Gasteiger partial charge is 0.165 e. The number of hydrogen-bond donors (Lipinski definition) is 2. The molecule has 0 aliphatic carbocycles. The van der Waals surface area contributed by atoms with Crippen LogP contribution in [0.15, 0.2) is 42.5 Å². The highest BCUT2D eigenvalue weighted by Gasteiger charge is 2.07. The Bertz CT molecular complexity index is 713. The monoisotopic (exact) mass is 404 g/mol. The molecule has 5 heteroatoms. The van der Waals surface area contributed by atoms with Crippen LogP contribution in [0.4, 0.5) is 4.39 Å². The fourth-order valence-electron chi connectivity index (χ4n) is 3.00. The highest BCUT2D eigenvalue weighted by atomic mass is 19.1. The van der Waals surface area contributed by atoms with Gasteiger partial charge in [0.1, 0.15) is 5.75 Å². The second-order valence-electron chi connectivity index (χ2n) is 7.56. The minimum Gasteiger partial charge on any atom is -0.494 e. The van der Waals surface area contributed by atoms with Crippen LogP contribution in [0.1, 0.15) is 52.4 Å². The fraction of sp³-hybridized carbons (Fsp3) is 0.500. The summed E-state index contributed by atoms with van der Waals surface area (Å²) < 4.78 is 25.6. The first-order chi connectivity index (χ1) is 14.0. The molecule has 0 aliphatic rings. The molecule has 29 heavy (non-hydrogen) atoms. The van der Waals surface area contributed by atoms with E-state index in [-0.39, 0.29) is 23.8 Å². The van der Waals surface area contributed by atoms with Crippen LogP contribution in [0.3, 0.4) is 0 Å². The standard InChI is InChI=1S/C24H33FO4/c1-18(26)7-3-5-15-28-22-12-9-20(10-13-22)21-11-14-24(23(25)17-21)29-16-6-4-8-19(2)27/h9-14,17-19,26-27H,3-8,15-16H2,1-2H3. The van der Waals surface area contributed by atoms with Gasteiger partial charge in [-0.1, -0.05) is 18.2 Å². The minimum absolute atomic E-state index is 0.253. The van der Waals surface area contributed by atoms with Crippen LogP contribution < -0.4 is 9.47 Å². The van der Waals surface area contributed by atoms with Crippen LogP contribution in [0.25, 0.3) is 11.1 Å². The largest absolute Gasteiger partial charge is 0.494 e. The third-order valence-electron chi connectivity index (χ3n) is 4.68. The zero-order valence-electron chi connectivity index (χ0n) is 17.4. The summed E-state index contributed by atoms with van der Waals surface area (Å²) in [7, 11) is 0. The number of rotatable bonds is 13. The van der Waals surface area contributed by atoms with Crippen molar-refractivity contribution in [3.05, 3.63) is 48.3 Å². The van der Waals surface area contributed by atoms with Crippen LogP contribution in [-0.4, -0.2) is 35.6 Å². The third-order valence-corrected chi connectivity index (χ3v) is 4.68. The van der Waals surface area contributed by atoms with Crippen molar-refractivity contribution in [1.82, 2.24) is 0 Å². The Morgan fingerprint density at radius 1 is 0.759 bits per heavy atom. The van der Waals surface area contributed by atoms with Crippen molar-refractivity contribution in [2.24, 2.45) is 0 Å². The zero-order valence-corrected chi connectivity index (χ0v) is 17.4. The molecular formula is C24H33FO4. The average Bonchev–Trinajstić information content (AvgIpc) is 2.68. The Labute approximate surface area is 173 Å². The van der Waals surface area contributed by atoms with Crippen molar-refractivity contribution in [1.29, 1.82) is 0 Å². The number of unbranched alkanes of at least 4 members (excludes halogenated alkanes) is 2. The van der Waals surface area contributed by atoms with Crippen LogP contribution in [0.2, 0.25) is 0 Å². The van der Waals surface area contributed by atoms with Crippen molar-refractivity contribution in [3.8, 4) is 22.6 Å². The van der Waals surface area contributed by atoms with Gasteiger partial charge in [0, 0.05) is 0 Å². The fourth-order valence-corrected chi connectivity index (χ4v) is 3.00. The molecule has 2 rings (SSSR count). The normalized spacial score (nSPS) is 13.1. The number of aliphatic hydroxyl groups excluding tert-OH is 2. The van der Waals surface area contributed by atoms with Crippen molar-refractivity contribution < 1.29 is 24.1 Å². The molecule has 0 amide bonds. The van der Waals surface area contributed by atoms with Crippen LogP contribution in [0.5, 0.6) is 11.5 Å². The van der Waals surface area contributed by atoms with E-state index in [4.69, 9.17) is 9.47 Å². The van der Waals surface area contributed by atoms with E-state index in [0.29, 0.717) is 13.2 Å². The van der Waals surface area contributed by atoms with Gasteiger partial charge in [0.25, 0.3) is 0 Å². The van der Waals surface area contributed by atoms with E-state index in [0.717, 1.165) is 55.4 Å². The average molecular weight is 405 g/mol. The maximum absolute atomic E-state index is 14.3. The lowest BCUT2D eigenvalue weighted by atomic mass is 10.1. The summed E-state index contributed by atoms with van der Waals surface area (Å²) in [6, 6.07) is 12.6. The maximum atomic E-state index is 14.3. The van der Waals surface area contributed by atoms with Gasteiger partial charge in [-0.3, -0.25) is 0 Å². The molecule has 2 aromatic rings. The highest BCUT2D eigenvalue weighted by Crippen LogP contribution is 2.27. The van der Waals surface area contributed by atoms with Gasteiger partial charge in [-0.15, -0.1) is 0 Å². The molecule has 0 saturated heterocycles. The van der Waals surface area contributed by atoms with Gasteiger partial charge in [0.2, 0.25) is 0 Å². The summed E-state index contributed by atoms with van der Waals surface area (Å²) in [4.78, 5) is 0. The van der Waals surface area contributed by atoms with Crippen LogP contribution >= 0.6 is 0 Å². The SMILES string of the molecule is CC(O)CCCCOc1ccc(-c2ccc(OCCCCC(C)O)c(F)c2)cc1. The van der Waals surface area contributed by atoms with E-state index >= 15 is 0 Å². The van der Waals surface area contributed by atoms with Gasteiger partial charge in [0.05, 0.1) is 25.4 Å². The Hall–Kier alpha value is -2.11. The van der Waals surface area contributed by atoms with E-state index in [1.165, 1.54) is 6.07 Å². The molecule has 2 aromatic carbocycles. The molecule has 0 heterocycles. The van der Waals surface area contributed by atoms with Crippen molar-refractivity contribution in [3.63, 3.8) is 0 Å². The van der Waals surface area contributed by atoms with Gasteiger partial charge in [-0.2, -0.15) is 0 Å². The van der Waals surface area contributed by atoms with E-state index in [2.05, 4.69) is 0 Å². The van der Waals surface area contributed by atoms with Crippen molar-refractivity contribution in [2.75, 3.05) is 13.2 Å². The minimum atomic E-state index is -0.378. The molecule has 0 aliphatic heterocycles. The van der Waals surface area contributed by atoms with Gasteiger partial charge < -0.3 is 19.7 Å². The molecule has 160 valence electrons. The summed E-state index contributed by atoms with van der Waals surface area (Å²) in [6.45, 7) is 4.61. The molecule has 0 bridgehead atoms. The summed E-state index contributed by atoms with van der Waals surface area (Å²) >= 11 is 0. The van der Waals surface area contributed by atoms with Crippen molar-refractivity contribution >= 4 is 0 Å². The van der Waals surface area contributed by atoms with Crippen LogP contribution in [-0.2, 0) is 0 Å². The molecule has 4 nitrogen and oxygen atoms in total. The molecule has 0 radical (unpaired) electrons. The summed E-state index contributed by atoms with van der Waals surface area (Å²) in [6.07, 6.45) is 4.42. The molecular weight excluding hydrogens is 371 g/mol. The Morgan fingerprint density at radius 3 is 1.86 bits per heavy atom. The number of hydrogen-bond acceptors (Lipinski definition) is 4. The Balaban J connectivity index is 1.81. The van der Waals surface area contributed by atoms with E-state index in [1.807, 2.05) is 30.3 Å². The lowest BCUT2D eigenvalue weighted by Crippen LogP contribution is -2.03. The Kier molecular flexibility index (Phi) is 9.95. The topological polar surface area (TPSA) is 58.9 Å². The first-order valence-electron chi connectivity index (χ1n) is 10.5. The number of aliphatic hydroxyl groups is 2. The first kappa shape index (κ1) is 23.2. The summed E-state index contributed by atoms with van der Waals surface area (Å²) in [5, 5.41) is 18.5. The summed E-state index contributed by atoms with van der Waals surface area (Å²) in [5.41, 5.74) is 1.70. The maximum Gasteiger partial charge on any atom is 0.165 e. The predicted octanol–water partition coefficient (Wildman–Crippen LogP) is 5.35. The first-order valence-corrected chi connectivity index (χ1v) is 10.5. The van der Waals surface area contributed by atoms with E-state index < -0.39 is 0 Å². The van der Waals surface area contributed by atoms with Crippen LogP contribution in [0, 0.1) is 5.82 Å². The third kappa shape index (κ3) is 8.84. The molecule has 0 saturated carbocycles. The van der Waals surface area contributed by atoms with E-state index in [1.54, 1.807) is 19.9 Å². The van der Waals surface area contributed by atoms with Gasteiger partial charge in [-0.25, -0.2) is 4.39 Å². The summed E-state index contributed by atoms with van der Waals surface area (Å²) in [5.74, 6) is 0.655. The van der Waals surface area contributed by atoms with Crippen molar-refractivity contribution in [2.45, 2.75) is 64.6 Å². The molecule has 0 aromatic heterocycles. The lowest BCUT2D eigenvalue weighted by Gasteiger charge is -2.10. The molecule has 0 fully saturated rings. The Morgan fingerprint density at radius 2 is 1.31 bits per heavy atom. The molecule has 2 N–H and O–H groups in total. The zero-order chi connectivity index (χ0) is 21.1. The second-order valence-corrected chi connectivity index (χ2v) is 7.56. The van der Waals surface area contributed by atoms with E-state index in [9.17, 15) is 14.6 Å². The number of halogens is 1. The quantitative estimate of drug-likeness (QED) is 0.442. The highest BCUT2D eigenvalue weighted by molar-refractivity contribution is 5.65. The number of ether oxygens (including phenoxy) is 2. The van der Waals surface area contributed by atoms with Gasteiger partial charge in [0.15, 0.2) is 11.6 Å². The molecule has 2 atom stereocenters. The number of benzene rings is 2.